The molecule has 0 amide bonds. The van der Waals surface area contributed by atoms with Gasteiger partial charge in [-0.15, -0.1) is 5.10 Å². The molecule has 1 heterocycles. The molecule has 1 aromatic heterocycles. The van der Waals surface area contributed by atoms with Crippen LogP contribution in [0.15, 0.2) is 0 Å². The van der Waals surface area contributed by atoms with Gasteiger partial charge in [0.15, 0.2) is 0 Å². The molecule has 0 radical (unpaired) electrons. The molecule has 0 spiro atoms. The molecule has 1 aliphatic rings. The van der Waals surface area contributed by atoms with Gasteiger partial charge >= 0.3 is 0 Å². The molecule has 1 aromatic rings. The summed E-state index contributed by atoms with van der Waals surface area (Å²) in [4.78, 5) is 0. The van der Waals surface area contributed by atoms with Crippen molar-refractivity contribution in [2.45, 2.75) is 90.7 Å². The summed E-state index contributed by atoms with van der Waals surface area (Å²) >= 11 is 0. The van der Waals surface area contributed by atoms with Gasteiger partial charge in [-0.3, -0.25) is 0 Å². The molecular formula is C17H31N3O. The molecule has 4 nitrogen and oxygen atoms in total. The SMILES string of the molecule is CCCCC1CCC(c2c(CO)nnn2CCCC)CC1. The molecule has 1 N–H and O–H groups in total. The number of rotatable bonds is 8. The van der Waals surface area contributed by atoms with E-state index in [-0.39, 0.29) is 6.61 Å². The monoisotopic (exact) mass is 293 g/mol. The van der Waals surface area contributed by atoms with E-state index in [0.29, 0.717) is 5.92 Å². The molecule has 1 saturated carbocycles. The normalized spacial score (nSPS) is 22.6. The Hall–Kier alpha value is -0.900. The molecule has 1 fully saturated rings. The van der Waals surface area contributed by atoms with Crippen LogP contribution in [0.3, 0.4) is 0 Å². The minimum Gasteiger partial charge on any atom is -0.390 e. The fourth-order valence-electron chi connectivity index (χ4n) is 3.61. The van der Waals surface area contributed by atoms with Crippen molar-refractivity contribution in [3.8, 4) is 0 Å². The maximum Gasteiger partial charge on any atom is 0.112 e. The highest BCUT2D eigenvalue weighted by Gasteiger charge is 2.27. The largest absolute Gasteiger partial charge is 0.390 e. The third-order valence-electron chi connectivity index (χ3n) is 4.92. The van der Waals surface area contributed by atoms with Crippen LogP contribution < -0.4 is 0 Å². The smallest absolute Gasteiger partial charge is 0.112 e. The molecule has 0 aromatic carbocycles. The second-order valence-electron chi connectivity index (χ2n) is 6.52. The van der Waals surface area contributed by atoms with E-state index in [1.165, 1.54) is 50.6 Å². The zero-order valence-electron chi connectivity index (χ0n) is 13.7. The Labute approximate surface area is 128 Å². The van der Waals surface area contributed by atoms with Crippen LogP contribution in [0.2, 0.25) is 0 Å². The number of hydrogen-bond acceptors (Lipinski definition) is 3. The van der Waals surface area contributed by atoms with E-state index in [0.717, 1.165) is 31.0 Å². The molecule has 120 valence electrons. The second kappa shape index (κ2) is 8.52. The molecule has 0 aliphatic heterocycles. The molecule has 1 aliphatic carbocycles. The first-order valence-corrected chi connectivity index (χ1v) is 8.83. The predicted molar refractivity (Wildman–Crippen MR) is 85.1 cm³/mol. The van der Waals surface area contributed by atoms with Crippen LogP contribution in [0.4, 0.5) is 0 Å². The van der Waals surface area contributed by atoms with Gasteiger partial charge in [0, 0.05) is 12.5 Å². The van der Waals surface area contributed by atoms with Gasteiger partial charge in [-0.2, -0.15) is 0 Å². The van der Waals surface area contributed by atoms with E-state index in [9.17, 15) is 5.11 Å². The van der Waals surface area contributed by atoms with E-state index in [1.807, 2.05) is 0 Å². The summed E-state index contributed by atoms with van der Waals surface area (Å²) in [6.07, 6.45) is 11.5. The fourth-order valence-corrected chi connectivity index (χ4v) is 3.61. The molecule has 0 saturated heterocycles. The molecule has 2 rings (SSSR count). The Morgan fingerprint density at radius 3 is 2.43 bits per heavy atom. The topological polar surface area (TPSA) is 50.9 Å². The van der Waals surface area contributed by atoms with Crippen molar-refractivity contribution in [3.05, 3.63) is 11.4 Å². The first-order chi connectivity index (χ1) is 10.3. The van der Waals surface area contributed by atoms with Gasteiger partial charge < -0.3 is 5.11 Å². The van der Waals surface area contributed by atoms with Crippen molar-refractivity contribution < 1.29 is 5.11 Å². The minimum atomic E-state index is 0.0250. The lowest BCUT2D eigenvalue weighted by Crippen LogP contribution is -2.18. The average Bonchev–Trinajstić information content (AvgIpc) is 2.94. The Morgan fingerprint density at radius 2 is 1.81 bits per heavy atom. The average molecular weight is 293 g/mol. The molecule has 0 bridgehead atoms. The maximum atomic E-state index is 9.54. The third kappa shape index (κ3) is 4.29. The lowest BCUT2D eigenvalue weighted by Gasteiger charge is -2.29. The first-order valence-electron chi connectivity index (χ1n) is 8.83. The van der Waals surface area contributed by atoms with Crippen LogP contribution in [0.1, 0.15) is 88.9 Å². The number of aliphatic hydroxyl groups is 1. The third-order valence-corrected chi connectivity index (χ3v) is 4.92. The Balaban J connectivity index is 1.99. The molecular weight excluding hydrogens is 262 g/mol. The predicted octanol–water partition coefficient (Wildman–Crippen LogP) is 4.03. The van der Waals surface area contributed by atoms with E-state index in [4.69, 9.17) is 0 Å². The maximum absolute atomic E-state index is 9.54. The Kier molecular flexibility index (Phi) is 6.68. The first kappa shape index (κ1) is 16.5. The van der Waals surface area contributed by atoms with Gasteiger partial charge in [-0.1, -0.05) is 44.7 Å². The number of hydrogen-bond donors (Lipinski definition) is 1. The summed E-state index contributed by atoms with van der Waals surface area (Å²) in [6.45, 7) is 5.44. The minimum absolute atomic E-state index is 0.0250. The van der Waals surface area contributed by atoms with Crippen molar-refractivity contribution in [1.82, 2.24) is 15.0 Å². The van der Waals surface area contributed by atoms with Gasteiger partial charge in [0.1, 0.15) is 5.69 Å². The zero-order valence-corrected chi connectivity index (χ0v) is 13.7. The lowest BCUT2D eigenvalue weighted by molar-refractivity contribution is 0.266. The van der Waals surface area contributed by atoms with E-state index in [1.54, 1.807) is 0 Å². The van der Waals surface area contributed by atoms with Crippen molar-refractivity contribution in [2.75, 3.05) is 0 Å². The van der Waals surface area contributed by atoms with E-state index < -0.39 is 0 Å². The van der Waals surface area contributed by atoms with Crippen LogP contribution in [0.25, 0.3) is 0 Å². The lowest BCUT2D eigenvalue weighted by atomic mass is 9.78. The summed E-state index contributed by atoms with van der Waals surface area (Å²) in [7, 11) is 0. The van der Waals surface area contributed by atoms with Crippen LogP contribution in [-0.4, -0.2) is 20.1 Å². The van der Waals surface area contributed by atoms with Gasteiger partial charge in [-0.25, -0.2) is 4.68 Å². The molecule has 0 atom stereocenters. The number of nitrogens with zero attached hydrogens (tertiary/aromatic N) is 3. The Bertz CT molecular complexity index is 408. The van der Waals surface area contributed by atoms with E-state index >= 15 is 0 Å². The molecule has 21 heavy (non-hydrogen) atoms. The standard InChI is InChI=1S/C17H31N3O/c1-3-5-7-14-8-10-15(11-9-14)17-16(13-21)18-19-20(17)12-6-4-2/h14-15,21H,3-13H2,1-2H3. The van der Waals surface area contributed by atoms with E-state index in [2.05, 4.69) is 28.8 Å². The van der Waals surface area contributed by atoms with Crippen LogP contribution in [0.5, 0.6) is 0 Å². The van der Waals surface area contributed by atoms with Gasteiger partial charge in [0.25, 0.3) is 0 Å². The summed E-state index contributed by atoms with van der Waals surface area (Å²) < 4.78 is 2.06. The summed E-state index contributed by atoms with van der Waals surface area (Å²) in [6, 6.07) is 0. The van der Waals surface area contributed by atoms with Crippen molar-refractivity contribution >= 4 is 0 Å². The number of aliphatic hydroxyl groups excluding tert-OH is 1. The second-order valence-corrected chi connectivity index (χ2v) is 6.52. The van der Waals surface area contributed by atoms with Crippen molar-refractivity contribution in [1.29, 1.82) is 0 Å². The number of unbranched alkanes of at least 4 members (excludes halogenated alkanes) is 2. The number of aryl methyl sites for hydroxylation is 1. The van der Waals surface area contributed by atoms with Crippen molar-refractivity contribution in [2.24, 2.45) is 5.92 Å². The molecule has 0 unspecified atom stereocenters. The summed E-state index contributed by atoms with van der Waals surface area (Å²) in [5.41, 5.74) is 2.03. The highest BCUT2D eigenvalue weighted by Crippen LogP contribution is 2.38. The van der Waals surface area contributed by atoms with Gasteiger partial charge in [-0.05, 0) is 38.0 Å². The van der Waals surface area contributed by atoms with Crippen LogP contribution >= 0.6 is 0 Å². The van der Waals surface area contributed by atoms with Crippen LogP contribution in [0, 0.1) is 5.92 Å². The highest BCUT2D eigenvalue weighted by atomic mass is 16.3. The van der Waals surface area contributed by atoms with Gasteiger partial charge in [0.05, 0.1) is 12.3 Å². The number of aromatic nitrogens is 3. The fraction of sp³-hybridized carbons (Fsp3) is 0.882. The quantitative estimate of drug-likeness (QED) is 0.787. The zero-order chi connectivity index (χ0) is 15.1. The summed E-state index contributed by atoms with van der Waals surface area (Å²) in [5, 5.41) is 18.0. The molecule has 4 heteroatoms. The highest BCUT2D eigenvalue weighted by molar-refractivity contribution is 5.16. The van der Waals surface area contributed by atoms with Crippen LogP contribution in [-0.2, 0) is 13.2 Å². The van der Waals surface area contributed by atoms with Crippen molar-refractivity contribution in [3.63, 3.8) is 0 Å². The summed E-state index contributed by atoms with van der Waals surface area (Å²) in [5.74, 6) is 1.47. The Morgan fingerprint density at radius 1 is 1.10 bits per heavy atom. The van der Waals surface area contributed by atoms with Gasteiger partial charge in [0.2, 0.25) is 0 Å².